The van der Waals surface area contributed by atoms with Crippen molar-refractivity contribution in [2.24, 2.45) is 10.2 Å². The number of carbonyl (C=O) groups is 1. The van der Waals surface area contributed by atoms with Gasteiger partial charge in [0.05, 0.1) is 22.6 Å². The number of nitrogens with one attached hydrogen (secondary N) is 1. The highest BCUT2D eigenvalue weighted by molar-refractivity contribution is 8.15. The Bertz CT molecular complexity index is 1300. The van der Waals surface area contributed by atoms with Gasteiger partial charge in [0, 0.05) is 5.56 Å². The van der Waals surface area contributed by atoms with Gasteiger partial charge in [-0.15, -0.1) is 5.10 Å². The molecule has 5 nitrogen and oxygen atoms in total. The number of thioether (sulfide) groups is 1. The SMILES string of the molecule is O=C1N/C(=N\N=C\c2ccc(-c3cccc(C(F)(F)F)c3)o2)SC1Cc1cccc(C(F)(F)F)c1. The first-order valence-corrected chi connectivity index (χ1v) is 10.9. The van der Waals surface area contributed by atoms with Crippen LogP contribution < -0.4 is 5.32 Å². The molecule has 1 unspecified atom stereocenters. The lowest BCUT2D eigenvalue weighted by Crippen LogP contribution is -2.26. The maximum Gasteiger partial charge on any atom is 0.416 e. The number of benzene rings is 2. The van der Waals surface area contributed by atoms with Crippen LogP contribution in [0.25, 0.3) is 11.3 Å². The van der Waals surface area contributed by atoms with Crippen molar-refractivity contribution in [2.45, 2.75) is 24.0 Å². The van der Waals surface area contributed by atoms with Crippen LogP contribution in [0.5, 0.6) is 0 Å². The van der Waals surface area contributed by atoms with E-state index in [9.17, 15) is 31.1 Å². The molecule has 1 aliphatic heterocycles. The Morgan fingerprint density at radius 3 is 2.34 bits per heavy atom. The molecule has 0 aliphatic carbocycles. The summed E-state index contributed by atoms with van der Waals surface area (Å²) < 4.78 is 82.9. The van der Waals surface area contributed by atoms with Crippen LogP contribution >= 0.6 is 11.8 Å². The Balaban J connectivity index is 1.40. The molecular weight excluding hydrogens is 496 g/mol. The number of hydrogen-bond donors (Lipinski definition) is 1. The van der Waals surface area contributed by atoms with Crippen molar-refractivity contribution in [3.05, 3.63) is 83.1 Å². The van der Waals surface area contributed by atoms with Gasteiger partial charge in [0.15, 0.2) is 5.17 Å². The lowest BCUT2D eigenvalue weighted by Gasteiger charge is -2.10. The number of hydrogen-bond acceptors (Lipinski definition) is 5. The third kappa shape index (κ3) is 6.13. The normalized spacial score (nSPS) is 17.9. The molecule has 4 rings (SSSR count). The van der Waals surface area contributed by atoms with E-state index in [1.54, 1.807) is 0 Å². The van der Waals surface area contributed by atoms with E-state index in [-0.39, 0.29) is 28.7 Å². The van der Waals surface area contributed by atoms with E-state index in [2.05, 4.69) is 15.5 Å². The van der Waals surface area contributed by atoms with Gasteiger partial charge in [0.2, 0.25) is 5.91 Å². The highest BCUT2D eigenvalue weighted by Gasteiger charge is 2.33. The number of halogens is 6. The van der Waals surface area contributed by atoms with Crippen LogP contribution in [0.15, 0.2) is 75.3 Å². The van der Waals surface area contributed by atoms with Crippen LogP contribution in [0.4, 0.5) is 26.3 Å². The van der Waals surface area contributed by atoms with Crippen molar-refractivity contribution < 1.29 is 35.6 Å². The Hall–Kier alpha value is -3.54. The van der Waals surface area contributed by atoms with E-state index in [4.69, 9.17) is 4.42 Å². The fourth-order valence-electron chi connectivity index (χ4n) is 3.24. The number of nitrogens with zero attached hydrogens (tertiary/aromatic N) is 2. The quantitative estimate of drug-likeness (QED) is 0.254. The van der Waals surface area contributed by atoms with Gasteiger partial charge in [-0.2, -0.15) is 31.4 Å². The van der Waals surface area contributed by atoms with E-state index in [1.165, 1.54) is 42.6 Å². The van der Waals surface area contributed by atoms with Crippen LogP contribution in [0.2, 0.25) is 0 Å². The molecule has 0 radical (unpaired) electrons. The zero-order valence-corrected chi connectivity index (χ0v) is 18.3. The van der Waals surface area contributed by atoms with Crippen molar-refractivity contribution >= 4 is 29.1 Å². The van der Waals surface area contributed by atoms with E-state index < -0.39 is 34.6 Å². The number of furan rings is 1. The van der Waals surface area contributed by atoms with Gasteiger partial charge >= 0.3 is 12.4 Å². The second kappa shape index (κ2) is 9.61. The molecule has 0 bridgehead atoms. The second-order valence-electron chi connectivity index (χ2n) is 7.43. The van der Waals surface area contributed by atoms with Gasteiger partial charge in [0.25, 0.3) is 0 Å². The second-order valence-corrected chi connectivity index (χ2v) is 8.62. The minimum Gasteiger partial charge on any atom is -0.455 e. The highest BCUT2D eigenvalue weighted by atomic mass is 32.2. The first kappa shape index (κ1) is 24.6. The van der Waals surface area contributed by atoms with E-state index in [0.29, 0.717) is 5.56 Å². The Labute approximate surface area is 198 Å². The molecule has 0 saturated carbocycles. The standard InChI is InChI=1S/C23H15F6N3O2S/c24-22(25,26)15-5-1-3-13(9-15)10-19-20(33)31-21(35-19)32-30-12-17-7-8-18(34-17)14-4-2-6-16(11-14)23(27,28)29/h1-9,11-12,19H,10H2,(H,31,32,33)/b30-12+. The monoisotopic (exact) mass is 511 g/mol. The molecule has 0 spiro atoms. The fraction of sp³-hybridized carbons (Fsp3) is 0.174. The molecule has 12 heteroatoms. The zero-order valence-electron chi connectivity index (χ0n) is 17.5. The Morgan fingerprint density at radius 1 is 0.943 bits per heavy atom. The molecule has 1 fully saturated rings. The van der Waals surface area contributed by atoms with Crippen LogP contribution in [-0.4, -0.2) is 22.5 Å². The number of carbonyl (C=O) groups excluding carboxylic acids is 1. The summed E-state index contributed by atoms with van der Waals surface area (Å²) in [5, 5.41) is 9.68. The number of amides is 1. The van der Waals surface area contributed by atoms with Crippen LogP contribution in [-0.2, 0) is 23.6 Å². The Kier molecular flexibility index (Phi) is 6.75. The molecule has 1 saturated heterocycles. The van der Waals surface area contributed by atoms with Gasteiger partial charge in [0.1, 0.15) is 11.5 Å². The summed E-state index contributed by atoms with van der Waals surface area (Å²) in [5.41, 5.74) is -1.00. The highest BCUT2D eigenvalue weighted by Crippen LogP contribution is 2.33. The minimum absolute atomic E-state index is 0.0711. The fourth-order valence-corrected chi connectivity index (χ4v) is 4.20. The molecular formula is C23H15F6N3O2S. The minimum atomic E-state index is -4.48. The predicted molar refractivity (Wildman–Crippen MR) is 119 cm³/mol. The smallest absolute Gasteiger partial charge is 0.416 e. The molecule has 3 aromatic rings. The van der Waals surface area contributed by atoms with Crippen molar-refractivity contribution in [2.75, 3.05) is 0 Å². The maximum atomic E-state index is 12.9. The van der Waals surface area contributed by atoms with Crippen molar-refractivity contribution in [3.63, 3.8) is 0 Å². The van der Waals surface area contributed by atoms with Gasteiger partial charge in [-0.1, -0.05) is 42.1 Å². The van der Waals surface area contributed by atoms with E-state index in [0.717, 1.165) is 36.0 Å². The average Bonchev–Trinajstić information content (AvgIpc) is 3.40. The van der Waals surface area contributed by atoms with Crippen LogP contribution in [0.1, 0.15) is 22.5 Å². The third-order valence-corrected chi connectivity index (χ3v) is 5.96. The maximum absolute atomic E-state index is 12.9. The summed E-state index contributed by atoms with van der Waals surface area (Å²) in [6.45, 7) is 0. The van der Waals surface area contributed by atoms with E-state index >= 15 is 0 Å². The summed E-state index contributed by atoms with van der Waals surface area (Å²) in [6.07, 6.45) is -7.67. The zero-order chi connectivity index (χ0) is 25.2. The molecule has 1 amide bonds. The van der Waals surface area contributed by atoms with Gasteiger partial charge in [-0.25, -0.2) is 0 Å². The lowest BCUT2D eigenvalue weighted by atomic mass is 10.1. The molecule has 35 heavy (non-hydrogen) atoms. The topological polar surface area (TPSA) is 67.0 Å². The molecule has 2 aromatic carbocycles. The number of amidine groups is 1. The lowest BCUT2D eigenvalue weighted by molar-refractivity contribution is -0.138. The number of alkyl halides is 6. The van der Waals surface area contributed by atoms with Gasteiger partial charge in [-0.3, -0.25) is 4.79 Å². The summed E-state index contributed by atoms with van der Waals surface area (Å²) in [6, 6.07) is 12.4. The summed E-state index contributed by atoms with van der Waals surface area (Å²) in [7, 11) is 0. The molecule has 1 N–H and O–H groups in total. The predicted octanol–water partition coefficient (Wildman–Crippen LogP) is 6.15. The van der Waals surface area contributed by atoms with Crippen LogP contribution in [0, 0.1) is 0 Å². The average molecular weight is 511 g/mol. The van der Waals surface area contributed by atoms with Crippen molar-refractivity contribution in [1.82, 2.24) is 5.32 Å². The van der Waals surface area contributed by atoms with Crippen molar-refractivity contribution in [3.8, 4) is 11.3 Å². The van der Waals surface area contributed by atoms with Crippen molar-refractivity contribution in [1.29, 1.82) is 0 Å². The largest absolute Gasteiger partial charge is 0.455 e. The molecule has 1 atom stereocenters. The van der Waals surface area contributed by atoms with E-state index in [1.807, 2.05) is 0 Å². The molecule has 2 heterocycles. The van der Waals surface area contributed by atoms with Crippen LogP contribution in [0.3, 0.4) is 0 Å². The third-order valence-electron chi connectivity index (χ3n) is 4.89. The first-order chi connectivity index (χ1) is 16.5. The number of rotatable bonds is 5. The summed E-state index contributed by atoms with van der Waals surface area (Å²) in [4.78, 5) is 12.2. The molecule has 182 valence electrons. The molecule has 1 aromatic heterocycles. The summed E-state index contributed by atoms with van der Waals surface area (Å²) in [5.74, 6) is 0.0118. The molecule has 1 aliphatic rings. The van der Waals surface area contributed by atoms with Gasteiger partial charge < -0.3 is 9.73 Å². The summed E-state index contributed by atoms with van der Waals surface area (Å²) >= 11 is 1.03. The van der Waals surface area contributed by atoms with Gasteiger partial charge in [-0.05, 0) is 42.3 Å². The Morgan fingerprint density at radius 2 is 1.63 bits per heavy atom. The first-order valence-electron chi connectivity index (χ1n) is 10.0.